The molecule has 11 nitrogen and oxygen atoms in total. The van der Waals surface area contributed by atoms with Gasteiger partial charge in [0.25, 0.3) is 5.91 Å². The number of ether oxygens (including phenoxy) is 3. The maximum absolute atomic E-state index is 12.0. The van der Waals surface area contributed by atoms with Gasteiger partial charge in [-0.05, 0) is 37.1 Å². The largest absolute Gasteiger partial charge is 0.497 e. The Morgan fingerprint density at radius 3 is 2.37 bits per heavy atom. The van der Waals surface area contributed by atoms with Gasteiger partial charge in [-0.15, -0.1) is 0 Å². The summed E-state index contributed by atoms with van der Waals surface area (Å²) in [6, 6.07) is 16.7. The molecular formula is C27H35N7O4. The van der Waals surface area contributed by atoms with Gasteiger partial charge in [0, 0.05) is 43.5 Å². The number of benzene rings is 2. The molecule has 11 heteroatoms. The molecular weight excluding hydrogens is 486 g/mol. The highest BCUT2D eigenvalue weighted by Gasteiger charge is 2.17. The Morgan fingerprint density at radius 2 is 1.61 bits per heavy atom. The third-order valence-corrected chi connectivity index (χ3v) is 5.81. The molecule has 3 N–H and O–H groups in total. The number of amides is 1. The third-order valence-electron chi connectivity index (χ3n) is 5.81. The summed E-state index contributed by atoms with van der Waals surface area (Å²) in [4.78, 5) is 27.9. The third kappa shape index (κ3) is 8.56. The van der Waals surface area contributed by atoms with Crippen LogP contribution in [0.5, 0.6) is 5.75 Å². The molecule has 0 bridgehead atoms. The summed E-state index contributed by atoms with van der Waals surface area (Å²) >= 11 is 0. The highest BCUT2D eigenvalue weighted by Crippen LogP contribution is 2.23. The molecule has 1 amide bonds. The number of nitrogens with one attached hydrogen (secondary N) is 3. The van der Waals surface area contributed by atoms with E-state index in [1.54, 1.807) is 19.2 Å². The van der Waals surface area contributed by atoms with Crippen LogP contribution in [0, 0.1) is 0 Å². The number of nitrogens with zero attached hydrogens (tertiary/aromatic N) is 4. The van der Waals surface area contributed by atoms with Crippen LogP contribution in [0.4, 0.5) is 23.5 Å². The summed E-state index contributed by atoms with van der Waals surface area (Å²) in [5.41, 5.74) is 1.47. The lowest BCUT2D eigenvalue weighted by Gasteiger charge is -2.17. The van der Waals surface area contributed by atoms with E-state index in [0.29, 0.717) is 62.9 Å². The van der Waals surface area contributed by atoms with Crippen molar-refractivity contribution < 1.29 is 19.0 Å². The lowest BCUT2D eigenvalue weighted by atomic mass is 10.2. The van der Waals surface area contributed by atoms with Crippen LogP contribution in [-0.4, -0.2) is 80.6 Å². The van der Waals surface area contributed by atoms with E-state index in [2.05, 4.69) is 35.8 Å². The van der Waals surface area contributed by atoms with Crippen molar-refractivity contribution in [1.82, 2.24) is 20.3 Å². The lowest BCUT2D eigenvalue weighted by Crippen LogP contribution is -2.27. The molecule has 3 aromatic rings. The van der Waals surface area contributed by atoms with Crippen LogP contribution in [-0.2, 0) is 9.47 Å². The van der Waals surface area contributed by atoms with Gasteiger partial charge in [0.05, 0.1) is 33.5 Å². The second-order valence-electron chi connectivity index (χ2n) is 8.61. The summed E-state index contributed by atoms with van der Waals surface area (Å²) in [6.07, 6.45) is 2.25. The zero-order valence-corrected chi connectivity index (χ0v) is 21.7. The summed E-state index contributed by atoms with van der Waals surface area (Å²) in [5.74, 6) is 2.25. The average Bonchev–Trinajstić information content (AvgIpc) is 3.50. The first-order valence-corrected chi connectivity index (χ1v) is 12.9. The first-order valence-electron chi connectivity index (χ1n) is 12.9. The average molecular weight is 522 g/mol. The van der Waals surface area contributed by atoms with Gasteiger partial charge in [-0.2, -0.15) is 15.0 Å². The van der Waals surface area contributed by atoms with E-state index in [1.807, 2.05) is 42.5 Å². The van der Waals surface area contributed by atoms with E-state index < -0.39 is 0 Å². The highest BCUT2D eigenvalue weighted by atomic mass is 16.5. The molecule has 1 aliphatic heterocycles. The molecule has 38 heavy (non-hydrogen) atoms. The molecule has 0 radical (unpaired) electrons. The van der Waals surface area contributed by atoms with Crippen LogP contribution in [0.3, 0.4) is 0 Å². The van der Waals surface area contributed by atoms with Crippen LogP contribution >= 0.6 is 0 Å². The minimum absolute atomic E-state index is 0.107. The lowest BCUT2D eigenvalue weighted by molar-refractivity contribution is 0.0519. The normalized spacial score (nSPS) is 12.8. The molecule has 0 atom stereocenters. The van der Waals surface area contributed by atoms with Gasteiger partial charge in [-0.3, -0.25) is 4.79 Å². The van der Waals surface area contributed by atoms with Crippen molar-refractivity contribution >= 4 is 29.4 Å². The molecule has 2 heterocycles. The van der Waals surface area contributed by atoms with E-state index in [4.69, 9.17) is 14.2 Å². The van der Waals surface area contributed by atoms with Crippen LogP contribution in [0.1, 0.15) is 23.2 Å². The highest BCUT2D eigenvalue weighted by molar-refractivity contribution is 5.94. The fraction of sp³-hybridized carbons (Fsp3) is 0.407. The summed E-state index contributed by atoms with van der Waals surface area (Å²) in [7, 11) is 1.64. The smallest absolute Gasteiger partial charge is 0.251 e. The molecule has 4 rings (SSSR count). The molecule has 202 valence electrons. The molecule has 2 aromatic carbocycles. The maximum Gasteiger partial charge on any atom is 0.251 e. The van der Waals surface area contributed by atoms with Gasteiger partial charge in [-0.1, -0.05) is 24.3 Å². The number of carbonyl (C=O) groups excluding carboxylic acids is 1. The number of hydrogen-bond donors (Lipinski definition) is 3. The van der Waals surface area contributed by atoms with E-state index in [0.717, 1.165) is 37.4 Å². The first kappa shape index (κ1) is 27.1. The number of rotatable bonds is 15. The Balaban J connectivity index is 1.17. The fourth-order valence-corrected chi connectivity index (χ4v) is 3.87. The van der Waals surface area contributed by atoms with Gasteiger partial charge < -0.3 is 35.1 Å². The quantitative estimate of drug-likeness (QED) is 0.257. The van der Waals surface area contributed by atoms with Crippen LogP contribution in [0.25, 0.3) is 0 Å². The van der Waals surface area contributed by atoms with Crippen LogP contribution in [0.2, 0.25) is 0 Å². The van der Waals surface area contributed by atoms with Crippen molar-refractivity contribution in [1.29, 1.82) is 0 Å². The monoisotopic (exact) mass is 521 g/mol. The van der Waals surface area contributed by atoms with Crippen LogP contribution in [0.15, 0.2) is 54.6 Å². The summed E-state index contributed by atoms with van der Waals surface area (Å²) in [6.45, 7) is 4.64. The molecule has 1 aliphatic rings. The maximum atomic E-state index is 12.0. The molecule has 1 aromatic heterocycles. The Labute approximate surface area is 222 Å². The standard InChI is InChI=1S/C27H35N7O4/c1-36-23-11-7-10-22(20-23)30-26-31-25(32-27(33-26)34-14-5-6-15-34)29-13-17-38-19-18-37-16-12-28-24(35)21-8-3-2-4-9-21/h2-4,7-11,20H,5-6,12-19H2,1H3,(H,28,35)(H2,29,30,31,32,33). The van der Waals surface area contributed by atoms with E-state index in [-0.39, 0.29) is 5.91 Å². The van der Waals surface area contributed by atoms with Gasteiger partial charge in [0.1, 0.15) is 5.75 Å². The number of aromatic nitrogens is 3. The minimum atomic E-state index is -0.107. The van der Waals surface area contributed by atoms with Crippen molar-refractivity contribution in [2.45, 2.75) is 12.8 Å². The van der Waals surface area contributed by atoms with Gasteiger partial charge in [0.2, 0.25) is 17.8 Å². The summed E-state index contributed by atoms with van der Waals surface area (Å²) in [5, 5.41) is 9.31. The van der Waals surface area contributed by atoms with Gasteiger partial charge in [-0.25, -0.2) is 0 Å². The number of methoxy groups -OCH3 is 1. The van der Waals surface area contributed by atoms with Gasteiger partial charge >= 0.3 is 0 Å². The fourth-order valence-electron chi connectivity index (χ4n) is 3.87. The van der Waals surface area contributed by atoms with E-state index in [1.165, 1.54) is 0 Å². The number of carbonyl (C=O) groups is 1. The van der Waals surface area contributed by atoms with Crippen molar-refractivity contribution in [2.24, 2.45) is 0 Å². The molecule has 0 saturated carbocycles. The molecule has 0 unspecified atom stereocenters. The van der Waals surface area contributed by atoms with Crippen molar-refractivity contribution in [3.63, 3.8) is 0 Å². The Bertz CT molecular complexity index is 1140. The summed E-state index contributed by atoms with van der Waals surface area (Å²) < 4.78 is 16.5. The Hall–Kier alpha value is -3.96. The number of anilines is 4. The predicted molar refractivity (Wildman–Crippen MR) is 146 cm³/mol. The van der Waals surface area contributed by atoms with E-state index >= 15 is 0 Å². The Kier molecular flexibility index (Phi) is 10.5. The Morgan fingerprint density at radius 1 is 0.868 bits per heavy atom. The topological polar surface area (TPSA) is 123 Å². The second-order valence-corrected chi connectivity index (χ2v) is 8.61. The molecule has 0 aliphatic carbocycles. The van der Waals surface area contributed by atoms with Gasteiger partial charge in [0.15, 0.2) is 0 Å². The minimum Gasteiger partial charge on any atom is -0.497 e. The first-order chi connectivity index (χ1) is 18.7. The second kappa shape index (κ2) is 14.7. The van der Waals surface area contributed by atoms with Crippen molar-refractivity contribution in [2.75, 3.05) is 75.2 Å². The van der Waals surface area contributed by atoms with Crippen molar-refractivity contribution in [3.8, 4) is 5.75 Å². The van der Waals surface area contributed by atoms with Crippen molar-refractivity contribution in [3.05, 3.63) is 60.2 Å². The zero-order chi connectivity index (χ0) is 26.4. The zero-order valence-electron chi connectivity index (χ0n) is 21.7. The van der Waals surface area contributed by atoms with Crippen LogP contribution < -0.4 is 25.6 Å². The molecule has 1 saturated heterocycles. The van der Waals surface area contributed by atoms with E-state index in [9.17, 15) is 4.79 Å². The predicted octanol–water partition coefficient (Wildman–Crippen LogP) is 3.10. The SMILES string of the molecule is COc1cccc(Nc2nc(NCCOCCOCCNC(=O)c3ccccc3)nc(N3CCCC3)n2)c1. The molecule has 0 spiro atoms. The number of hydrogen-bond acceptors (Lipinski definition) is 10. The molecule has 1 fully saturated rings.